The molecule has 0 aromatic heterocycles. The standard InChI is InChI=1S/C25H29F3/c26-18-5-3-1-2-4-7-19-10-12-20(13-11-19)21-14-16-22(17-15-21)23-8-6-9-24(27)25(23)28/h1-2,6,8-9,14-17,19-20H,3-5,7,10-13,18H2/b2-1+. The van der Waals surface area contributed by atoms with Crippen LogP contribution in [0.2, 0.25) is 0 Å². The normalized spacial score (nSPS) is 20.0. The van der Waals surface area contributed by atoms with Crippen molar-refractivity contribution in [2.75, 3.05) is 6.67 Å². The van der Waals surface area contributed by atoms with Gasteiger partial charge in [0.2, 0.25) is 0 Å². The summed E-state index contributed by atoms with van der Waals surface area (Å²) in [5, 5.41) is 0. The summed E-state index contributed by atoms with van der Waals surface area (Å²) in [6, 6.07) is 12.2. The Morgan fingerprint density at radius 3 is 2.29 bits per heavy atom. The van der Waals surface area contributed by atoms with E-state index in [4.69, 9.17) is 0 Å². The van der Waals surface area contributed by atoms with Gasteiger partial charge in [-0.15, -0.1) is 0 Å². The maximum Gasteiger partial charge on any atom is 0.166 e. The zero-order chi connectivity index (χ0) is 19.8. The van der Waals surface area contributed by atoms with Crippen LogP contribution in [0.5, 0.6) is 0 Å². The molecule has 1 aliphatic rings. The number of benzene rings is 2. The minimum Gasteiger partial charge on any atom is -0.251 e. The smallest absolute Gasteiger partial charge is 0.166 e. The highest BCUT2D eigenvalue weighted by atomic mass is 19.2. The zero-order valence-corrected chi connectivity index (χ0v) is 16.3. The summed E-state index contributed by atoms with van der Waals surface area (Å²) < 4.78 is 39.5. The first-order valence-corrected chi connectivity index (χ1v) is 10.4. The van der Waals surface area contributed by atoms with Gasteiger partial charge in [-0.3, -0.25) is 4.39 Å². The fraction of sp³-hybridized carbons (Fsp3) is 0.440. The van der Waals surface area contributed by atoms with E-state index in [9.17, 15) is 13.2 Å². The average molecular weight is 387 g/mol. The van der Waals surface area contributed by atoms with Crippen molar-refractivity contribution in [3.05, 3.63) is 71.8 Å². The molecular formula is C25H29F3. The summed E-state index contributed by atoms with van der Waals surface area (Å²) in [7, 11) is 0. The summed E-state index contributed by atoms with van der Waals surface area (Å²) in [5.74, 6) is -0.253. The van der Waals surface area contributed by atoms with Crippen molar-refractivity contribution in [2.24, 2.45) is 5.92 Å². The molecule has 0 heterocycles. The fourth-order valence-electron chi connectivity index (χ4n) is 4.21. The van der Waals surface area contributed by atoms with Crippen molar-refractivity contribution in [3.63, 3.8) is 0 Å². The van der Waals surface area contributed by atoms with Crippen LogP contribution in [0.3, 0.4) is 0 Å². The predicted octanol–water partition coefficient (Wildman–Crippen LogP) is 7.99. The number of halogens is 3. The first kappa shape index (κ1) is 20.7. The molecule has 28 heavy (non-hydrogen) atoms. The molecule has 3 heteroatoms. The van der Waals surface area contributed by atoms with Crippen LogP contribution >= 0.6 is 0 Å². The molecule has 0 nitrogen and oxygen atoms in total. The molecule has 150 valence electrons. The van der Waals surface area contributed by atoms with Gasteiger partial charge in [0.25, 0.3) is 0 Å². The second kappa shape index (κ2) is 10.5. The third-order valence-electron chi connectivity index (χ3n) is 5.90. The van der Waals surface area contributed by atoms with E-state index >= 15 is 0 Å². The van der Waals surface area contributed by atoms with Gasteiger partial charge in [-0.2, -0.15) is 0 Å². The maximum absolute atomic E-state index is 14.0. The lowest BCUT2D eigenvalue weighted by Gasteiger charge is -2.28. The van der Waals surface area contributed by atoms with Crippen molar-refractivity contribution in [1.29, 1.82) is 0 Å². The largest absolute Gasteiger partial charge is 0.251 e. The predicted molar refractivity (Wildman–Crippen MR) is 110 cm³/mol. The minimum atomic E-state index is -0.808. The van der Waals surface area contributed by atoms with Crippen molar-refractivity contribution in [1.82, 2.24) is 0 Å². The number of hydrogen-bond donors (Lipinski definition) is 0. The van der Waals surface area contributed by atoms with Crippen LogP contribution < -0.4 is 0 Å². The Morgan fingerprint density at radius 2 is 1.57 bits per heavy atom. The van der Waals surface area contributed by atoms with Gasteiger partial charge in [-0.05, 0) is 80.4 Å². The van der Waals surface area contributed by atoms with Gasteiger partial charge in [-0.1, -0.05) is 48.6 Å². The topological polar surface area (TPSA) is 0 Å². The Morgan fingerprint density at radius 1 is 0.857 bits per heavy atom. The highest BCUT2D eigenvalue weighted by Gasteiger charge is 2.22. The molecule has 0 saturated heterocycles. The summed E-state index contributed by atoms with van der Waals surface area (Å²) in [6.07, 6.45) is 12.9. The molecule has 0 radical (unpaired) electrons. The van der Waals surface area contributed by atoms with Crippen LogP contribution in [0.15, 0.2) is 54.6 Å². The molecule has 0 amide bonds. The average Bonchev–Trinajstić information content (AvgIpc) is 2.73. The molecule has 0 unspecified atom stereocenters. The van der Waals surface area contributed by atoms with Crippen molar-refractivity contribution >= 4 is 0 Å². The molecule has 1 fully saturated rings. The van der Waals surface area contributed by atoms with E-state index in [0.29, 0.717) is 23.5 Å². The van der Waals surface area contributed by atoms with Crippen LogP contribution in [-0.4, -0.2) is 6.67 Å². The highest BCUT2D eigenvalue weighted by molar-refractivity contribution is 5.64. The Hall–Kier alpha value is -2.03. The second-order valence-electron chi connectivity index (χ2n) is 7.82. The molecule has 0 N–H and O–H groups in total. The van der Waals surface area contributed by atoms with Crippen molar-refractivity contribution < 1.29 is 13.2 Å². The van der Waals surface area contributed by atoms with E-state index in [2.05, 4.69) is 24.3 Å². The lowest BCUT2D eigenvalue weighted by molar-refractivity contribution is 0.312. The Labute approximate surface area is 166 Å². The van der Waals surface area contributed by atoms with Crippen LogP contribution in [0.4, 0.5) is 13.2 Å². The molecule has 1 aliphatic carbocycles. The first-order valence-electron chi connectivity index (χ1n) is 10.4. The van der Waals surface area contributed by atoms with Crippen LogP contribution in [0.25, 0.3) is 11.1 Å². The van der Waals surface area contributed by atoms with Gasteiger partial charge >= 0.3 is 0 Å². The summed E-state index contributed by atoms with van der Waals surface area (Å²) in [6.45, 7) is -0.230. The minimum absolute atomic E-state index is 0.230. The maximum atomic E-state index is 14.0. The van der Waals surface area contributed by atoms with E-state index in [1.807, 2.05) is 12.1 Å². The molecule has 2 aromatic rings. The van der Waals surface area contributed by atoms with E-state index < -0.39 is 11.6 Å². The van der Waals surface area contributed by atoms with Gasteiger partial charge in [0.15, 0.2) is 11.6 Å². The molecule has 0 atom stereocenters. The summed E-state index contributed by atoms with van der Waals surface area (Å²) >= 11 is 0. The van der Waals surface area contributed by atoms with Gasteiger partial charge in [0, 0.05) is 5.56 Å². The molecule has 0 aliphatic heterocycles. The van der Waals surface area contributed by atoms with Crippen LogP contribution in [-0.2, 0) is 0 Å². The Bertz CT molecular complexity index is 756. The monoisotopic (exact) mass is 386 g/mol. The fourth-order valence-corrected chi connectivity index (χ4v) is 4.21. The molecule has 0 spiro atoms. The molecule has 1 saturated carbocycles. The first-order chi connectivity index (χ1) is 13.7. The Kier molecular flexibility index (Phi) is 7.76. The van der Waals surface area contributed by atoms with E-state index in [0.717, 1.165) is 24.8 Å². The summed E-state index contributed by atoms with van der Waals surface area (Å²) in [4.78, 5) is 0. The van der Waals surface area contributed by atoms with Crippen LogP contribution in [0.1, 0.15) is 62.8 Å². The Balaban J connectivity index is 1.50. The van der Waals surface area contributed by atoms with Gasteiger partial charge in [0.05, 0.1) is 6.67 Å². The third-order valence-corrected chi connectivity index (χ3v) is 5.90. The second-order valence-corrected chi connectivity index (χ2v) is 7.82. The number of alkyl halides is 1. The SMILES string of the molecule is FCCC/C=C/CCC1CCC(c2ccc(-c3cccc(F)c3F)cc2)CC1. The lowest BCUT2D eigenvalue weighted by Crippen LogP contribution is -2.13. The quantitative estimate of drug-likeness (QED) is 0.318. The number of hydrogen-bond acceptors (Lipinski definition) is 0. The van der Waals surface area contributed by atoms with Crippen molar-refractivity contribution in [2.45, 2.75) is 57.3 Å². The summed E-state index contributed by atoms with van der Waals surface area (Å²) in [5.41, 5.74) is 2.33. The number of rotatable bonds is 8. The molecule has 0 bridgehead atoms. The molecule has 2 aromatic carbocycles. The van der Waals surface area contributed by atoms with Gasteiger partial charge in [-0.25, -0.2) is 8.78 Å². The number of unbranched alkanes of at least 4 members (excludes halogenated alkanes) is 1. The number of allylic oxidation sites excluding steroid dienone is 2. The van der Waals surface area contributed by atoms with Crippen molar-refractivity contribution in [3.8, 4) is 11.1 Å². The van der Waals surface area contributed by atoms with Gasteiger partial charge in [0.1, 0.15) is 0 Å². The van der Waals surface area contributed by atoms with Gasteiger partial charge < -0.3 is 0 Å². The van der Waals surface area contributed by atoms with E-state index in [1.54, 1.807) is 12.1 Å². The molecular weight excluding hydrogens is 357 g/mol. The van der Waals surface area contributed by atoms with E-state index in [-0.39, 0.29) is 6.67 Å². The van der Waals surface area contributed by atoms with E-state index in [1.165, 1.54) is 37.7 Å². The lowest BCUT2D eigenvalue weighted by atomic mass is 9.77. The third kappa shape index (κ3) is 5.50. The highest BCUT2D eigenvalue weighted by Crippen LogP contribution is 2.38. The van der Waals surface area contributed by atoms with Crippen LogP contribution in [0, 0.1) is 17.6 Å². The zero-order valence-electron chi connectivity index (χ0n) is 16.3. The molecule has 3 rings (SSSR count).